The van der Waals surface area contributed by atoms with Crippen LogP contribution in [0.25, 0.3) is 0 Å². The Morgan fingerprint density at radius 1 is 1.20 bits per heavy atom. The molecule has 0 unspecified atom stereocenters. The first-order valence-electron chi connectivity index (χ1n) is 5.68. The van der Waals surface area contributed by atoms with Gasteiger partial charge in [-0.3, -0.25) is 0 Å². The second-order valence-corrected chi connectivity index (χ2v) is 7.29. The highest BCUT2D eigenvalue weighted by Gasteiger charge is 2.38. The van der Waals surface area contributed by atoms with Gasteiger partial charge < -0.3 is 10.6 Å². The molecule has 1 aliphatic heterocycles. The van der Waals surface area contributed by atoms with Crippen molar-refractivity contribution in [2.45, 2.75) is 19.3 Å². The van der Waals surface area contributed by atoms with Gasteiger partial charge in [-0.05, 0) is 24.8 Å². The summed E-state index contributed by atoms with van der Waals surface area (Å²) in [5.41, 5.74) is 6.10. The number of hydrogen-bond acceptors (Lipinski definition) is 4. The SMILES string of the molecule is NCC1(CN2CCS(=O)(=O)CC2)CCC1. The molecule has 0 aromatic carbocycles. The summed E-state index contributed by atoms with van der Waals surface area (Å²) in [6.07, 6.45) is 3.71. The van der Waals surface area contributed by atoms with E-state index in [4.69, 9.17) is 5.73 Å². The number of rotatable bonds is 3. The van der Waals surface area contributed by atoms with Gasteiger partial charge in [-0.1, -0.05) is 6.42 Å². The number of nitrogens with zero attached hydrogens (tertiary/aromatic N) is 1. The van der Waals surface area contributed by atoms with Crippen LogP contribution >= 0.6 is 0 Å². The van der Waals surface area contributed by atoms with Crippen molar-refractivity contribution in [3.63, 3.8) is 0 Å². The van der Waals surface area contributed by atoms with Crippen LogP contribution in [0.4, 0.5) is 0 Å². The van der Waals surface area contributed by atoms with Gasteiger partial charge in [-0.15, -0.1) is 0 Å². The van der Waals surface area contributed by atoms with Crippen LogP contribution in [0.15, 0.2) is 0 Å². The first kappa shape index (κ1) is 11.4. The Morgan fingerprint density at radius 2 is 1.80 bits per heavy atom. The summed E-state index contributed by atoms with van der Waals surface area (Å²) in [5.74, 6) is 0.654. The summed E-state index contributed by atoms with van der Waals surface area (Å²) in [7, 11) is -2.74. The van der Waals surface area contributed by atoms with Crippen molar-refractivity contribution >= 4 is 9.84 Å². The molecule has 1 saturated carbocycles. The van der Waals surface area contributed by atoms with Crippen molar-refractivity contribution in [2.24, 2.45) is 11.1 Å². The minimum Gasteiger partial charge on any atom is -0.330 e. The lowest BCUT2D eigenvalue weighted by molar-refractivity contribution is 0.0791. The lowest BCUT2D eigenvalue weighted by Gasteiger charge is -2.45. The Morgan fingerprint density at radius 3 is 2.20 bits per heavy atom. The maximum absolute atomic E-state index is 11.3. The molecule has 0 amide bonds. The average Bonchev–Trinajstić information content (AvgIpc) is 2.14. The summed E-state index contributed by atoms with van der Waals surface area (Å²) in [6.45, 7) is 3.14. The number of sulfone groups is 1. The van der Waals surface area contributed by atoms with E-state index in [0.717, 1.165) is 13.1 Å². The smallest absolute Gasteiger partial charge is 0.152 e. The van der Waals surface area contributed by atoms with E-state index in [0.29, 0.717) is 30.0 Å². The van der Waals surface area contributed by atoms with E-state index in [2.05, 4.69) is 4.90 Å². The topological polar surface area (TPSA) is 63.4 Å². The Labute approximate surface area is 91.7 Å². The van der Waals surface area contributed by atoms with E-state index < -0.39 is 9.84 Å². The minimum atomic E-state index is -2.74. The quantitative estimate of drug-likeness (QED) is 0.735. The Kier molecular flexibility index (Phi) is 3.05. The zero-order chi connectivity index (χ0) is 10.9. The highest BCUT2D eigenvalue weighted by Crippen LogP contribution is 2.40. The zero-order valence-electron chi connectivity index (χ0n) is 9.11. The maximum Gasteiger partial charge on any atom is 0.152 e. The zero-order valence-corrected chi connectivity index (χ0v) is 9.93. The number of hydrogen-bond donors (Lipinski definition) is 1. The monoisotopic (exact) mass is 232 g/mol. The molecule has 0 spiro atoms. The van der Waals surface area contributed by atoms with Gasteiger partial charge in [-0.2, -0.15) is 0 Å². The second-order valence-electron chi connectivity index (χ2n) is 4.99. The van der Waals surface area contributed by atoms with E-state index in [1.807, 2.05) is 0 Å². The van der Waals surface area contributed by atoms with Crippen LogP contribution in [0, 0.1) is 5.41 Å². The average molecular weight is 232 g/mol. The molecule has 2 fully saturated rings. The molecule has 1 saturated heterocycles. The van der Waals surface area contributed by atoms with Gasteiger partial charge in [0.1, 0.15) is 0 Å². The molecule has 1 heterocycles. The highest BCUT2D eigenvalue weighted by atomic mass is 32.2. The van der Waals surface area contributed by atoms with Crippen LogP contribution in [0.1, 0.15) is 19.3 Å². The third-order valence-electron chi connectivity index (χ3n) is 3.84. The molecule has 2 N–H and O–H groups in total. The second kappa shape index (κ2) is 4.03. The van der Waals surface area contributed by atoms with Crippen LogP contribution < -0.4 is 5.73 Å². The van der Waals surface area contributed by atoms with Crippen LogP contribution in [-0.2, 0) is 9.84 Å². The Balaban J connectivity index is 1.86. The third-order valence-corrected chi connectivity index (χ3v) is 5.45. The van der Waals surface area contributed by atoms with Gasteiger partial charge in [0.15, 0.2) is 9.84 Å². The highest BCUT2D eigenvalue weighted by molar-refractivity contribution is 7.91. The van der Waals surface area contributed by atoms with E-state index in [9.17, 15) is 8.42 Å². The normalized spacial score (nSPS) is 29.7. The van der Waals surface area contributed by atoms with Crippen LogP contribution in [-0.4, -0.2) is 51.0 Å². The molecule has 2 aliphatic rings. The molecule has 4 nitrogen and oxygen atoms in total. The van der Waals surface area contributed by atoms with Crippen molar-refractivity contribution in [1.29, 1.82) is 0 Å². The fourth-order valence-corrected chi connectivity index (χ4v) is 3.76. The van der Waals surface area contributed by atoms with Crippen molar-refractivity contribution in [3.05, 3.63) is 0 Å². The Bertz CT molecular complexity index is 303. The molecule has 0 aromatic heterocycles. The van der Waals surface area contributed by atoms with Crippen molar-refractivity contribution in [2.75, 3.05) is 37.7 Å². The van der Waals surface area contributed by atoms with Gasteiger partial charge in [0.25, 0.3) is 0 Å². The molecule has 2 rings (SSSR count). The summed E-state index contributed by atoms with van der Waals surface area (Å²) >= 11 is 0. The number of nitrogens with two attached hydrogens (primary N) is 1. The van der Waals surface area contributed by atoms with Crippen molar-refractivity contribution in [3.8, 4) is 0 Å². The summed E-state index contributed by atoms with van der Waals surface area (Å²) < 4.78 is 22.5. The molecule has 1 aliphatic carbocycles. The lowest BCUT2D eigenvalue weighted by Crippen LogP contribution is -2.51. The molecular weight excluding hydrogens is 212 g/mol. The van der Waals surface area contributed by atoms with E-state index in [-0.39, 0.29) is 0 Å². The lowest BCUT2D eigenvalue weighted by atomic mass is 9.68. The van der Waals surface area contributed by atoms with Gasteiger partial charge in [0, 0.05) is 19.6 Å². The van der Waals surface area contributed by atoms with E-state index >= 15 is 0 Å². The predicted molar refractivity (Wildman–Crippen MR) is 60.4 cm³/mol. The summed E-state index contributed by atoms with van der Waals surface area (Å²) in [4.78, 5) is 2.27. The summed E-state index contributed by atoms with van der Waals surface area (Å²) in [6, 6.07) is 0. The fourth-order valence-electron chi connectivity index (χ4n) is 2.49. The first-order valence-corrected chi connectivity index (χ1v) is 7.50. The maximum atomic E-state index is 11.3. The predicted octanol–water partition coefficient (Wildman–Crippen LogP) is -0.154. The fraction of sp³-hybridized carbons (Fsp3) is 1.00. The van der Waals surface area contributed by atoms with Crippen LogP contribution in [0.3, 0.4) is 0 Å². The molecule has 0 aromatic rings. The standard InChI is InChI=1S/C10H20N2O2S/c11-8-10(2-1-3-10)9-12-4-6-15(13,14)7-5-12/h1-9,11H2. The van der Waals surface area contributed by atoms with Crippen molar-refractivity contribution < 1.29 is 8.42 Å². The van der Waals surface area contributed by atoms with Gasteiger partial charge in [-0.25, -0.2) is 8.42 Å². The van der Waals surface area contributed by atoms with E-state index in [1.165, 1.54) is 19.3 Å². The van der Waals surface area contributed by atoms with E-state index in [1.54, 1.807) is 0 Å². The van der Waals surface area contributed by atoms with Gasteiger partial charge >= 0.3 is 0 Å². The first-order chi connectivity index (χ1) is 7.05. The van der Waals surface area contributed by atoms with Crippen LogP contribution in [0.5, 0.6) is 0 Å². The molecule has 88 valence electrons. The van der Waals surface area contributed by atoms with Crippen LogP contribution in [0.2, 0.25) is 0 Å². The molecule has 0 radical (unpaired) electrons. The molecule has 15 heavy (non-hydrogen) atoms. The van der Waals surface area contributed by atoms with Gasteiger partial charge in [0.05, 0.1) is 11.5 Å². The minimum absolute atomic E-state index is 0.307. The molecular formula is C10H20N2O2S. The van der Waals surface area contributed by atoms with Crippen molar-refractivity contribution in [1.82, 2.24) is 4.90 Å². The summed E-state index contributed by atoms with van der Waals surface area (Å²) in [5, 5.41) is 0. The van der Waals surface area contributed by atoms with Gasteiger partial charge in [0.2, 0.25) is 0 Å². The third kappa shape index (κ3) is 2.52. The largest absolute Gasteiger partial charge is 0.330 e. The molecule has 5 heteroatoms. The molecule has 0 bridgehead atoms. The Hall–Kier alpha value is -0.130. The molecule has 0 atom stereocenters.